The lowest BCUT2D eigenvalue weighted by atomic mass is 10.3. The van der Waals surface area contributed by atoms with Crippen LogP contribution in [0.5, 0.6) is 0 Å². The van der Waals surface area contributed by atoms with E-state index in [9.17, 15) is 0 Å². The van der Waals surface area contributed by atoms with Gasteiger partial charge in [-0.3, -0.25) is 4.68 Å². The molecule has 0 bridgehead atoms. The molecular weight excluding hydrogens is 168 g/mol. The second-order valence-electron chi connectivity index (χ2n) is 2.74. The maximum Gasteiger partial charge on any atom is 0.222 e. The van der Waals surface area contributed by atoms with Gasteiger partial charge in [-0.05, 0) is 6.07 Å². The summed E-state index contributed by atoms with van der Waals surface area (Å²) < 4.78 is 6.57. The Morgan fingerprint density at radius 2 is 2.46 bits per heavy atom. The van der Waals surface area contributed by atoms with Crippen LogP contribution in [0.15, 0.2) is 29.0 Å². The summed E-state index contributed by atoms with van der Waals surface area (Å²) in [5, 5.41) is 7.84. The van der Waals surface area contributed by atoms with Crippen molar-refractivity contribution < 1.29 is 4.52 Å². The van der Waals surface area contributed by atoms with Crippen LogP contribution in [0.1, 0.15) is 5.69 Å². The Morgan fingerprint density at radius 1 is 1.54 bits per heavy atom. The molecule has 5 heteroatoms. The summed E-state index contributed by atoms with van der Waals surface area (Å²) in [6.07, 6.45) is 4.43. The van der Waals surface area contributed by atoms with Gasteiger partial charge < -0.3 is 10.3 Å². The molecule has 2 heterocycles. The highest BCUT2D eigenvalue weighted by Crippen LogP contribution is 2.05. The van der Waals surface area contributed by atoms with E-state index in [0.717, 1.165) is 18.7 Å². The van der Waals surface area contributed by atoms with E-state index >= 15 is 0 Å². The van der Waals surface area contributed by atoms with Gasteiger partial charge in [-0.2, -0.15) is 5.10 Å². The van der Waals surface area contributed by atoms with Crippen LogP contribution in [0.2, 0.25) is 0 Å². The molecule has 2 aromatic rings. The maximum atomic E-state index is 5.38. The lowest BCUT2D eigenvalue weighted by Crippen LogP contribution is -2.01. The molecule has 2 rings (SSSR count). The van der Waals surface area contributed by atoms with Crippen molar-refractivity contribution in [1.82, 2.24) is 14.9 Å². The molecule has 5 nitrogen and oxygen atoms in total. The Bertz CT molecular complexity index is 365. The van der Waals surface area contributed by atoms with Crippen molar-refractivity contribution in [3.8, 4) is 0 Å². The van der Waals surface area contributed by atoms with E-state index in [1.54, 1.807) is 12.3 Å². The summed E-state index contributed by atoms with van der Waals surface area (Å²) in [5.74, 6) is 0.357. The fourth-order valence-corrected chi connectivity index (χ4v) is 1.11. The lowest BCUT2D eigenvalue weighted by molar-refractivity contribution is 0.424. The number of rotatable bonds is 3. The topological polar surface area (TPSA) is 69.9 Å². The van der Waals surface area contributed by atoms with Gasteiger partial charge in [0, 0.05) is 31.4 Å². The normalized spacial score (nSPS) is 10.5. The zero-order valence-electron chi connectivity index (χ0n) is 7.05. The molecule has 0 aromatic carbocycles. The summed E-state index contributed by atoms with van der Waals surface area (Å²) in [5.41, 5.74) is 6.23. The SMILES string of the molecule is Nc1cc(CCn2cccn2)no1. The molecule has 0 aliphatic carbocycles. The highest BCUT2D eigenvalue weighted by molar-refractivity contribution is 5.24. The van der Waals surface area contributed by atoms with Crippen LogP contribution in [0, 0.1) is 0 Å². The zero-order chi connectivity index (χ0) is 9.10. The van der Waals surface area contributed by atoms with Crippen molar-refractivity contribution in [1.29, 1.82) is 0 Å². The summed E-state index contributed by atoms with van der Waals surface area (Å²) in [4.78, 5) is 0. The van der Waals surface area contributed by atoms with E-state index in [1.807, 2.05) is 16.9 Å². The van der Waals surface area contributed by atoms with E-state index in [2.05, 4.69) is 10.3 Å². The van der Waals surface area contributed by atoms with Gasteiger partial charge in [0.25, 0.3) is 0 Å². The zero-order valence-corrected chi connectivity index (χ0v) is 7.05. The average molecular weight is 178 g/mol. The number of nitrogens with zero attached hydrogens (tertiary/aromatic N) is 3. The van der Waals surface area contributed by atoms with Crippen LogP contribution in [0.25, 0.3) is 0 Å². The second-order valence-corrected chi connectivity index (χ2v) is 2.74. The third-order valence-electron chi connectivity index (χ3n) is 1.73. The molecule has 0 spiro atoms. The molecule has 2 aromatic heterocycles. The molecule has 68 valence electrons. The van der Waals surface area contributed by atoms with E-state index < -0.39 is 0 Å². The molecule has 0 radical (unpaired) electrons. The smallest absolute Gasteiger partial charge is 0.222 e. The van der Waals surface area contributed by atoms with Crippen molar-refractivity contribution in [2.45, 2.75) is 13.0 Å². The molecule has 0 aliphatic heterocycles. The van der Waals surface area contributed by atoms with Gasteiger partial charge in [0.1, 0.15) is 0 Å². The second kappa shape index (κ2) is 3.30. The minimum absolute atomic E-state index is 0.357. The summed E-state index contributed by atoms with van der Waals surface area (Å²) in [6, 6.07) is 3.61. The van der Waals surface area contributed by atoms with Crippen LogP contribution in [-0.4, -0.2) is 14.9 Å². The number of aromatic nitrogens is 3. The van der Waals surface area contributed by atoms with Gasteiger partial charge in [-0.25, -0.2) is 0 Å². The molecule has 0 unspecified atom stereocenters. The number of anilines is 1. The number of aryl methyl sites for hydroxylation is 2. The van der Waals surface area contributed by atoms with Crippen molar-refractivity contribution in [3.63, 3.8) is 0 Å². The van der Waals surface area contributed by atoms with Gasteiger partial charge in [-0.1, -0.05) is 5.16 Å². The Morgan fingerprint density at radius 3 is 3.08 bits per heavy atom. The van der Waals surface area contributed by atoms with Crippen LogP contribution in [0.4, 0.5) is 5.88 Å². The molecule has 0 saturated carbocycles. The molecule has 0 aliphatic rings. The highest BCUT2D eigenvalue weighted by Gasteiger charge is 2.00. The van der Waals surface area contributed by atoms with Crippen LogP contribution in [0.3, 0.4) is 0 Å². The fourth-order valence-electron chi connectivity index (χ4n) is 1.11. The predicted octanol–water partition coefficient (Wildman–Crippen LogP) is 0.696. The molecule has 0 atom stereocenters. The fraction of sp³-hybridized carbons (Fsp3) is 0.250. The Hall–Kier alpha value is -1.78. The predicted molar refractivity (Wildman–Crippen MR) is 46.8 cm³/mol. The Labute approximate surface area is 75.1 Å². The van der Waals surface area contributed by atoms with Gasteiger partial charge in [0.2, 0.25) is 5.88 Å². The van der Waals surface area contributed by atoms with E-state index in [4.69, 9.17) is 10.3 Å². The monoisotopic (exact) mass is 178 g/mol. The largest absolute Gasteiger partial charge is 0.368 e. The number of hydrogen-bond acceptors (Lipinski definition) is 4. The Kier molecular flexibility index (Phi) is 1.99. The molecule has 0 amide bonds. The minimum atomic E-state index is 0.357. The highest BCUT2D eigenvalue weighted by atomic mass is 16.5. The number of nitrogen functional groups attached to an aromatic ring is 1. The number of nitrogens with two attached hydrogens (primary N) is 1. The quantitative estimate of drug-likeness (QED) is 0.750. The summed E-state index contributed by atoms with van der Waals surface area (Å²) in [6.45, 7) is 0.791. The molecule has 0 saturated heterocycles. The molecular formula is C8H10N4O. The minimum Gasteiger partial charge on any atom is -0.368 e. The third kappa shape index (κ3) is 1.87. The Balaban J connectivity index is 1.93. The first-order valence-corrected chi connectivity index (χ1v) is 4.03. The van der Waals surface area contributed by atoms with Crippen molar-refractivity contribution in [2.75, 3.05) is 5.73 Å². The molecule has 2 N–H and O–H groups in total. The van der Waals surface area contributed by atoms with E-state index in [1.165, 1.54) is 0 Å². The number of hydrogen-bond donors (Lipinski definition) is 1. The first kappa shape index (κ1) is 7.85. The van der Waals surface area contributed by atoms with Gasteiger partial charge in [0.05, 0.1) is 5.69 Å². The summed E-state index contributed by atoms with van der Waals surface area (Å²) in [7, 11) is 0. The van der Waals surface area contributed by atoms with Gasteiger partial charge >= 0.3 is 0 Å². The average Bonchev–Trinajstić information content (AvgIpc) is 2.71. The maximum absolute atomic E-state index is 5.38. The summed E-state index contributed by atoms with van der Waals surface area (Å²) >= 11 is 0. The molecule has 13 heavy (non-hydrogen) atoms. The van der Waals surface area contributed by atoms with Gasteiger partial charge in [-0.15, -0.1) is 0 Å². The lowest BCUT2D eigenvalue weighted by Gasteiger charge is -1.96. The first-order valence-electron chi connectivity index (χ1n) is 4.03. The van der Waals surface area contributed by atoms with E-state index in [0.29, 0.717) is 5.88 Å². The van der Waals surface area contributed by atoms with Crippen molar-refractivity contribution >= 4 is 5.88 Å². The van der Waals surface area contributed by atoms with Crippen LogP contribution in [-0.2, 0) is 13.0 Å². The van der Waals surface area contributed by atoms with Crippen molar-refractivity contribution in [3.05, 3.63) is 30.2 Å². The molecule has 0 fully saturated rings. The van der Waals surface area contributed by atoms with Crippen LogP contribution < -0.4 is 5.73 Å². The van der Waals surface area contributed by atoms with E-state index in [-0.39, 0.29) is 0 Å². The third-order valence-corrected chi connectivity index (χ3v) is 1.73. The standard InChI is InChI=1S/C8H10N4O/c9-8-6-7(11-13-8)2-5-12-4-1-3-10-12/h1,3-4,6H,2,5,9H2. The van der Waals surface area contributed by atoms with Crippen molar-refractivity contribution in [2.24, 2.45) is 0 Å². The van der Waals surface area contributed by atoms with Gasteiger partial charge in [0.15, 0.2) is 0 Å². The van der Waals surface area contributed by atoms with Crippen LogP contribution >= 0.6 is 0 Å². The first-order chi connectivity index (χ1) is 6.34.